The quantitative estimate of drug-likeness (QED) is 0.0752. The number of ether oxygens (including phenoxy) is 3. The molecule has 5 N–H and O–H groups in total. The Kier molecular flexibility index (Phi) is 14.8. The van der Waals surface area contributed by atoms with Crippen molar-refractivity contribution in [2.45, 2.75) is 78.7 Å². The zero-order chi connectivity index (χ0) is 33.6. The SMILES string of the molecule is CCOC(=O)/C(C)=C/C[C@@H](NC(C)=O)[C@@H](C)[C@@H](CCOC(C)(C)O)OC(=O)NCCCNC(=O)c1ccc2ccccc2c1O. The maximum absolute atomic E-state index is 12.8. The fraction of sp³-hybridized carbons (Fsp3) is 0.515. The molecule has 248 valence electrons. The smallest absolute Gasteiger partial charge is 0.407 e. The van der Waals surface area contributed by atoms with Crippen LogP contribution in [0.15, 0.2) is 48.0 Å². The molecule has 0 aliphatic carbocycles. The Morgan fingerprint density at radius 3 is 2.38 bits per heavy atom. The van der Waals surface area contributed by atoms with Crippen LogP contribution in [0, 0.1) is 5.92 Å². The van der Waals surface area contributed by atoms with E-state index in [0.29, 0.717) is 17.4 Å². The molecule has 0 spiro atoms. The van der Waals surface area contributed by atoms with Gasteiger partial charge in [0.2, 0.25) is 5.91 Å². The topological polar surface area (TPSA) is 173 Å². The van der Waals surface area contributed by atoms with Crippen LogP contribution in [0.3, 0.4) is 0 Å². The lowest BCUT2D eigenvalue weighted by molar-refractivity contribution is -0.180. The van der Waals surface area contributed by atoms with Crippen molar-refractivity contribution in [3.05, 3.63) is 53.6 Å². The molecular formula is C33H47N3O9. The number of hydrogen-bond donors (Lipinski definition) is 5. The zero-order valence-corrected chi connectivity index (χ0v) is 27.0. The Bertz CT molecular complexity index is 1340. The third kappa shape index (κ3) is 12.8. The second-order valence-electron chi connectivity index (χ2n) is 11.3. The van der Waals surface area contributed by atoms with Crippen molar-refractivity contribution in [2.75, 3.05) is 26.3 Å². The zero-order valence-electron chi connectivity index (χ0n) is 27.0. The van der Waals surface area contributed by atoms with Gasteiger partial charge in [-0.2, -0.15) is 0 Å². The van der Waals surface area contributed by atoms with E-state index in [1.54, 1.807) is 44.2 Å². The highest BCUT2D eigenvalue weighted by molar-refractivity contribution is 6.03. The molecule has 0 heterocycles. The Hall–Kier alpha value is -4.16. The molecule has 0 radical (unpaired) electrons. The van der Waals surface area contributed by atoms with Gasteiger partial charge in [0.15, 0.2) is 5.79 Å². The van der Waals surface area contributed by atoms with Crippen molar-refractivity contribution >= 4 is 34.6 Å². The van der Waals surface area contributed by atoms with Gasteiger partial charge in [0.25, 0.3) is 5.91 Å². The summed E-state index contributed by atoms with van der Waals surface area (Å²) in [6.45, 7) is 10.2. The first-order valence-electron chi connectivity index (χ1n) is 15.1. The van der Waals surface area contributed by atoms with Crippen LogP contribution in [0.25, 0.3) is 10.8 Å². The molecule has 2 aromatic carbocycles. The Labute approximate surface area is 264 Å². The summed E-state index contributed by atoms with van der Waals surface area (Å²) in [6, 6.07) is 10.0. The first-order chi connectivity index (χ1) is 21.2. The fourth-order valence-electron chi connectivity index (χ4n) is 4.60. The molecule has 0 saturated carbocycles. The number of carbonyl (C=O) groups excluding carboxylic acids is 4. The molecule has 12 heteroatoms. The van der Waals surface area contributed by atoms with Gasteiger partial charge in [0.05, 0.1) is 18.8 Å². The minimum absolute atomic E-state index is 0.0733. The molecule has 0 bridgehead atoms. The van der Waals surface area contributed by atoms with E-state index in [4.69, 9.17) is 14.2 Å². The number of nitrogens with one attached hydrogen (secondary N) is 3. The number of amides is 3. The molecule has 0 unspecified atom stereocenters. The summed E-state index contributed by atoms with van der Waals surface area (Å²) in [5.74, 6) is -3.07. The number of phenolic OH excluding ortho intramolecular Hbond substituents is 1. The minimum Gasteiger partial charge on any atom is -0.506 e. The van der Waals surface area contributed by atoms with Crippen LogP contribution >= 0.6 is 0 Å². The largest absolute Gasteiger partial charge is 0.506 e. The highest BCUT2D eigenvalue weighted by Gasteiger charge is 2.30. The van der Waals surface area contributed by atoms with Gasteiger partial charge < -0.3 is 40.4 Å². The molecule has 12 nitrogen and oxygen atoms in total. The third-order valence-corrected chi connectivity index (χ3v) is 7.05. The number of alkyl carbamates (subject to hydrolysis) is 1. The van der Waals surface area contributed by atoms with Gasteiger partial charge in [0.1, 0.15) is 11.9 Å². The average Bonchev–Trinajstić information content (AvgIpc) is 2.97. The number of fused-ring (bicyclic) bond motifs is 1. The van der Waals surface area contributed by atoms with Crippen LogP contribution in [-0.4, -0.2) is 78.3 Å². The Morgan fingerprint density at radius 2 is 1.71 bits per heavy atom. The number of hydrogen-bond acceptors (Lipinski definition) is 9. The number of aliphatic hydroxyl groups is 1. The summed E-state index contributed by atoms with van der Waals surface area (Å²) in [5, 5.41) is 30.2. The first kappa shape index (κ1) is 37.0. The summed E-state index contributed by atoms with van der Waals surface area (Å²) in [5.41, 5.74) is 0.551. The summed E-state index contributed by atoms with van der Waals surface area (Å²) >= 11 is 0. The van der Waals surface area contributed by atoms with Crippen molar-refractivity contribution in [1.29, 1.82) is 0 Å². The van der Waals surface area contributed by atoms with E-state index in [2.05, 4.69) is 16.0 Å². The molecule has 45 heavy (non-hydrogen) atoms. The van der Waals surface area contributed by atoms with Gasteiger partial charge in [-0.25, -0.2) is 9.59 Å². The van der Waals surface area contributed by atoms with Crippen LogP contribution in [0.1, 0.15) is 71.2 Å². The molecule has 2 aromatic rings. The van der Waals surface area contributed by atoms with Gasteiger partial charge in [-0.3, -0.25) is 9.59 Å². The van der Waals surface area contributed by atoms with E-state index < -0.39 is 41.8 Å². The van der Waals surface area contributed by atoms with E-state index in [0.717, 1.165) is 5.39 Å². The first-order valence-corrected chi connectivity index (χ1v) is 15.1. The van der Waals surface area contributed by atoms with Gasteiger partial charge in [-0.15, -0.1) is 0 Å². The maximum atomic E-state index is 12.8. The molecule has 2 rings (SSSR count). The molecule has 3 atom stereocenters. The van der Waals surface area contributed by atoms with Crippen molar-refractivity contribution < 1.29 is 43.6 Å². The second kappa shape index (κ2) is 18.0. The number of rotatable bonds is 17. The van der Waals surface area contributed by atoms with E-state index in [1.807, 2.05) is 19.1 Å². The fourth-order valence-corrected chi connectivity index (χ4v) is 4.60. The van der Waals surface area contributed by atoms with Gasteiger partial charge in [-0.1, -0.05) is 43.3 Å². The van der Waals surface area contributed by atoms with Crippen LogP contribution in [0.4, 0.5) is 4.79 Å². The van der Waals surface area contributed by atoms with Crippen molar-refractivity contribution in [3.63, 3.8) is 0 Å². The minimum atomic E-state index is -1.39. The van der Waals surface area contributed by atoms with Crippen LogP contribution in [-0.2, 0) is 23.8 Å². The van der Waals surface area contributed by atoms with E-state index in [-0.39, 0.29) is 56.4 Å². The van der Waals surface area contributed by atoms with E-state index >= 15 is 0 Å². The molecule has 0 aromatic heterocycles. The van der Waals surface area contributed by atoms with Crippen molar-refractivity contribution in [2.24, 2.45) is 5.92 Å². The third-order valence-electron chi connectivity index (χ3n) is 7.05. The van der Waals surface area contributed by atoms with Crippen molar-refractivity contribution in [1.82, 2.24) is 16.0 Å². The highest BCUT2D eigenvalue weighted by atomic mass is 16.6. The second-order valence-corrected chi connectivity index (χ2v) is 11.3. The van der Waals surface area contributed by atoms with Crippen LogP contribution < -0.4 is 16.0 Å². The molecular weight excluding hydrogens is 582 g/mol. The van der Waals surface area contributed by atoms with E-state index in [1.165, 1.54) is 20.8 Å². The van der Waals surface area contributed by atoms with Crippen molar-refractivity contribution in [3.8, 4) is 5.75 Å². The lowest BCUT2D eigenvalue weighted by Crippen LogP contribution is -2.45. The predicted molar refractivity (Wildman–Crippen MR) is 169 cm³/mol. The Balaban J connectivity index is 1.98. The van der Waals surface area contributed by atoms with E-state index in [9.17, 15) is 29.4 Å². The standard InChI is InChI=1S/C33H47N3O9/c1-7-43-31(40)21(2)13-16-27(36-23(4)37)22(3)28(17-20-44-33(5,6)42)45-32(41)35-19-10-18-34-30(39)26-15-14-24-11-8-9-12-25(24)29(26)38/h8-9,11-15,22,27-28,38,42H,7,10,16-20H2,1-6H3,(H,34,39)(H,35,41)(H,36,37)/b21-13+/t22-,27-,28-/m1/s1. The lowest BCUT2D eigenvalue weighted by atomic mass is 9.90. The number of esters is 1. The molecule has 0 saturated heterocycles. The number of phenols is 1. The highest BCUT2D eigenvalue weighted by Crippen LogP contribution is 2.28. The van der Waals surface area contributed by atoms with Crippen LogP contribution in [0.5, 0.6) is 5.75 Å². The molecule has 0 aliphatic heterocycles. The number of benzene rings is 2. The average molecular weight is 630 g/mol. The summed E-state index contributed by atoms with van der Waals surface area (Å²) in [7, 11) is 0. The summed E-state index contributed by atoms with van der Waals surface area (Å²) in [4.78, 5) is 49.5. The van der Waals surface area contributed by atoms with Gasteiger partial charge in [-0.05, 0) is 52.0 Å². The van der Waals surface area contributed by atoms with Gasteiger partial charge in [0, 0.05) is 49.4 Å². The lowest BCUT2D eigenvalue weighted by Gasteiger charge is -2.31. The van der Waals surface area contributed by atoms with Gasteiger partial charge >= 0.3 is 12.1 Å². The number of aromatic hydroxyl groups is 1. The monoisotopic (exact) mass is 629 g/mol. The predicted octanol–water partition coefficient (Wildman–Crippen LogP) is 3.94. The normalized spacial score (nSPS) is 13.8. The number of carbonyl (C=O) groups is 4. The maximum Gasteiger partial charge on any atom is 0.407 e. The Morgan fingerprint density at radius 1 is 1.02 bits per heavy atom. The summed E-state index contributed by atoms with van der Waals surface area (Å²) in [6.07, 6.45) is 1.14. The molecule has 0 aliphatic rings. The summed E-state index contributed by atoms with van der Waals surface area (Å²) < 4.78 is 16.2. The molecule has 0 fully saturated rings. The molecule has 3 amide bonds. The van der Waals surface area contributed by atoms with Crippen LogP contribution in [0.2, 0.25) is 0 Å².